The molecule has 1 aliphatic heterocycles. The molecule has 0 radical (unpaired) electrons. The molecular formula is C13H18N2O. The number of para-hydroxylation sites is 1. The van der Waals surface area contributed by atoms with Gasteiger partial charge in [0.15, 0.2) is 0 Å². The number of rotatable bonds is 1. The molecule has 1 amide bonds. The first-order chi connectivity index (χ1) is 7.61. The Hall–Kier alpha value is -1.35. The molecule has 3 heteroatoms. The molecule has 0 saturated carbocycles. The second kappa shape index (κ2) is 4.26. The lowest BCUT2D eigenvalue weighted by atomic mass is 9.96. The van der Waals surface area contributed by atoms with Crippen molar-refractivity contribution < 1.29 is 4.79 Å². The van der Waals surface area contributed by atoms with E-state index in [1.165, 1.54) is 0 Å². The van der Waals surface area contributed by atoms with Crippen molar-refractivity contribution in [2.75, 3.05) is 11.4 Å². The first-order valence-electron chi connectivity index (χ1n) is 5.77. The fraction of sp³-hybridized carbons (Fsp3) is 0.462. The first-order valence-corrected chi connectivity index (χ1v) is 5.77. The molecule has 0 aliphatic carbocycles. The van der Waals surface area contributed by atoms with E-state index in [2.05, 4.69) is 0 Å². The Morgan fingerprint density at radius 1 is 1.44 bits per heavy atom. The van der Waals surface area contributed by atoms with Gasteiger partial charge in [-0.1, -0.05) is 32.0 Å². The van der Waals surface area contributed by atoms with Crippen LogP contribution in [0.2, 0.25) is 0 Å². The summed E-state index contributed by atoms with van der Waals surface area (Å²) in [5, 5.41) is 0. The Morgan fingerprint density at radius 3 is 2.81 bits per heavy atom. The molecule has 0 aromatic heterocycles. The lowest BCUT2D eigenvalue weighted by Crippen LogP contribution is -2.40. The molecule has 0 spiro atoms. The predicted molar refractivity (Wildman–Crippen MR) is 65.2 cm³/mol. The van der Waals surface area contributed by atoms with Gasteiger partial charge in [-0.3, -0.25) is 4.79 Å². The second-order valence-electron chi connectivity index (χ2n) is 4.60. The number of fused-ring (bicyclic) bond motifs is 1. The van der Waals surface area contributed by atoms with Crippen molar-refractivity contribution >= 4 is 11.6 Å². The smallest absolute Gasteiger partial charge is 0.229 e. The maximum Gasteiger partial charge on any atom is 0.229 e. The molecule has 1 aliphatic rings. The standard InChI is InChI=1S/C13H18N2O/c1-9(2)13(16)15-8-7-11(14)10-5-3-4-6-12(10)15/h3-6,9,11H,7-8,14H2,1-2H3. The maximum atomic E-state index is 12.1. The molecule has 1 aromatic carbocycles. The van der Waals surface area contributed by atoms with Gasteiger partial charge in [-0.05, 0) is 18.1 Å². The van der Waals surface area contributed by atoms with Crippen LogP contribution in [0.4, 0.5) is 5.69 Å². The third kappa shape index (κ3) is 1.83. The van der Waals surface area contributed by atoms with E-state index >= 15 is 0 Å². The van der Waals surface area contributed by atoms with Crippen LogP contribution >= 0.6 is 0 Å². The molecule has 2 N–H and O–H groups in total. The zero-order valence-electron chi connectivity index (χ0n) is 9.81. The largest absolute Gasteiger partial charge is 0.324 e. The minimum absolute atomic E-state index is 0.0300. The number of nitrogens with two attached hydrogens (primary N) is 1. The average Bonchev–Trinajstić information content (AvgIpc) is 2.29. The molecule has 2 rings (SSSR count). The molecular weight excluding hydrogens is 200 g/mol. The third-order valence-corrected chi connectivity index (χ3v) is 3.05. The van der Waals surface area contributed by atoms with E-state index in [0.29, 0.717) is 0 Å². The number of hydrogen-bond acceptors (Lipinski definition) is 2. The topological polar surface area (TPSA) is 46.3 Å². The van der Waals surface area contributed by atoms with Gasteiger partial charge < -0.3 is 10.6 Å². The molecule has 0 bridgehead atoms. The van der Waals surface area contributed by atoms with E-state index in [-0.39, 0.29) is 17.9 Å². The highest BCUT2D eigenvalue weighted by Gasteiger charge is 2.27. The number of benzene rings is 1. The lowest BCUT2D eigenvalue weighted by molar-refractivity contribution is -0.121. The van der Waals surface area contributed by atoms with Gasteiger partial charge in [0.05, 0.1) is 0 Å². The van der Waals surface area contributed by atoms with Crippen LogP contribution in [0.5, 0.6) is 0 Å². The van der Waals surface area contributed by atoms with Gasteiger partial charge in [-0.15, -0.1) is 0 Å². The Bertz CT molecular complexity index is 401. The molecule has 0 saturated heterocycles. The predicted octanol–water partition coefficient (Wildman–Crippen LogP) is 2.08. The molecule has 1 heterocycles. The summed E-state index contributed by atoms with van der Waals surface area (Å²) in [6.07, 6.45) is 0.843. The molecule has 86 valence electrons. The van der Waals surface area contributed by atoms with Crippen LogP contribution < -0.4 is 10.6 Å². The Morgan fingerprint density at radius 2 is 2.12 bits per heavy atom. The van der Waals surface area contributed by atoms with Gasteiger partial charge in [-0.2, -0.15) is 0 Å². The van der Waals surface area contributed by atoms with Gasteiger partial charge in [0, 0.05) is 24.2 Å². The average molecular weight is 218 g/mol. The van der Waals surface area contributed by atoms with Crippen molar-refractivity contribution in [1.82, 2.24) is 0 Å². The highest BCUT2D eigenvalue weighted by Crippen LogP contribution is 2.32. The minimum Gasteiger partial charge on any atom is -0.324 e. The van der Waals surface area contributed by atoms with Crippen molar-refractivity contribution in [2.45, 2.75) is 26.3 Å². The fourth-order valence-corrected chi connectivity index (χ4v) is 2.13. The minimum atomic E-state index is 0.0300. The summed E-state index contributed by atoms with van der Waals surface area (Å²) in [4.78, 5) is 13.9. The van der Waals surface area contributed by atoms with E-state index < -0.39 is 0 Å². The number of carbonyl (C=O) groups is 1. The van der Waals surface area contributed by atoms with Crippen LogP contribution in [0, 0.1) is 5.92 Å². The fourth-order valence-electron chi connectivity index (χ4n) is 2.13. The summed E-state index contributed by atoms with van der Waals surface area (Å²) in [5.41, 5.74) is 8.12. The highest BCUT2D eigenvalue weighted by atomic mass is 16.2. The second-order valence-corrected chi connectivity index (χ2v) is 4.60. The molecule has 1 aromatic rings. The summed E-state index contributed by atoms with van der Waals surface area (Å²) in [7, 11) is 0. The van der Waals surface area contributed by atoms with Crippen molar-refractivity contribution in [3.05, 3.63) is 29.8 Å². The van der Waals surface area contributed by atoms with Gasteiger partial charge in [0.25, 0.3) is 0 Å². The molecule has 16 heavy (non-hydrogen) atoms. The molecule has 3 nitrogen and oxygen atoms in total. The van der Waals surface area contributed by atoms with Gasteiger partial charge in [-0.25, -0.2) is 0 Å². The monoisotopic (exact) mass is 218 g/mol. The SMILES string of the molecule is CC(C)C(=O)N1CCC(N)c2ccccc21. The van der Waals surface area contributed by atoms with E-state index in [1.54, 1.807) is 0 Å². The van der Waals surface area contributed by atoms with Gasteiger partial charge in [0.2, 0.25) is 5.91 Å². The van der Waals surface area contributed by atoms with E-state index in [4.69, 9.17) is 5.73 Å². The van der Waals surface area contributed by atoms with Crippen molar-refractivity contribution in [1.29, 1.82) is 0 Å². The van der Waals surface area contributed by atoms with Crippen LogP contribution in [0.15, 0.2) is 24.3 Å². The lowest BCUT2D eigenvalue weighted by Gasteiger charge is -2.33. The zero-order chi connectivity index (χ0) is 11.7. The Kier molecular flexibility index (Phi) is 2.97. The quantitative estimate of drug-likeness (QED) is 0.784. The Labute approximate surface area is 96.2 Å². The van der Waals surface area contributed by atoms with Crippen LogP contribution in [-0.4, -0.2) is 12.5 Å². The molecule has 0 fully saturated rings. The van der Waals surface area contributed by atoms with Crippen molar-refractivity contribution in [3.8, 4) is 0 Å². The number of hydrogen-bond donors (Lipinski definition) is 1. The van der Waals surface area contributed by atoms with E-state index in [1.807, 2.05) is 43.0 Å². The number of carbonyl (C=O) groups excluding carboxylic acids is 1. The molecule has 1 unspecified atom stereocenters. The van der Waals surface area contributed by atoms with E-state index in [9.17, 15) is 4.79 Å². The first kappa shape index (κ1) is 11.1. The van der Waals surface area contributed by atoms with Crippen LogP contribution in [0.25, 0.3) is 0 Å². The summed E-state index contributed by atoms with van der Waals surface area (Å²) in [5.74, 6) is 0.210. The summed E-state index contributed by atoms with van der Waals surface area (Å²) in [6.45, 7) is 4.59. The normalized spacial score (nSPS) is 19.8. The van der Waals surface area contributed by atoms with Crippen molar-refractivity contribution in [3.63, 3.8) is 0 Å². The molecule has 1 atom stereocenters. The zero-order valence-corrected chi connectivity index (χ0v) is 9.81. The summed E-state index contributed by atoms with van der Waals surface area (Å²) >= 11 is 0. The Balaban J connectivity index is 2.38. The van der Waals surface area contributed by atoms with Gasteiger partial charge in [0.1, 0.15) is 0 Å². The van der Waals surface area contributed by atoms with Crippen molar-refractivity contribution in [2.24, 2.45) is 11.7 Å². The van der Waals surface area contributed by atoms with Crippen LogP contribution in [0.3, 0.4) is 0 Å². The number of anilines is 1. The van der Waals surface area contributed by atoms with E-state index in [0.717, 1.165) is 24.2 Å². The number of nitrogens with zero attached hydrogens (tertiary/aromatic N) is 1. The third-order valence-electron chi connectivity index (χ3n) is 3.05. The number of amides is 1. The van der Waals surface area contributed by atoms with Crippen LogP contribution in [-0.2, 0) is 4.79 Å². The van der Waals surface area contributed by atoms with Gasteiger partial charge >= 0.3 is 0 Å². The van der Waals surface area contributed by atoms with Crippen LogP contribution in [0.1, 0.15) is 31.9 Å². The summed E-state index contributed by atoms with van der Waals surface area (Å²) in [6, 6.07) is 7.99. The highest BCUT2D eigenvalue weighted by molar-refractivity contribution is 5.95. The summed E-state index contributed by atoms with van der Waals surface area (Å²) < 4.78 is 0. The maximum absolute atomic E-state index is 12.1.